The maximum Gasteiger partial charge on any atom is 0.275 e. The average molecular weight is 325 g/mol. The van der Waals surface area contributed by atoms with Crippen molar-refractivity contribution in [3.63, 3.8) is 0 Å². The van der Waals surface area contributed by atoms with E-state index in [1.54, 1.807) is 29.4 Å². The fraction of sp³-hybridized carbons (Fsp3) is 0.222. The van der Waals surface area contributed by atoms with Crippen molar-refractivity contribution in [2.45, 2.75) is 19.4 Å². The first kappa shape index (κ1) is 14.7. The van der Waals surface area contributed by atoms with Gasteiger partial charge >= 0.3 is 0 Å². The second kappa shape index (κ2) is 5.63. The molecule has 0 fully saturated rings. The molecule has 4 rings (SSSR count). The quantitative estimate of drug-likeness (QED) is 0.794. The molecule has 1 amide bonds. The summed E-state index contributed by atoms with van der Waals surface area (Å²) < 4.78 is 18.8. The summed E-state index contributed by atoms with van der Waals surface area (Å²) in [6.07, 6.45) is 2.41. The molecule has 3 aromatic rings. The molecule has 24 heavy (non-hydrogen) atoms. The van der Waals surface area contributed by atoms with E-state index in [4.69, 9.17) is 4.42 Å². The summed E-state index contributed by atoms with van der Waals surface area (Å²) in [5, 5.41) is 7.13. The van der Waals surface area contributed by atoms with Crippen molar-refractivity contribution in [1.29, 1.82) is 0 Å². The third-order valence-electron chi connectivity index (χ3n) is 4.27. The molecule has 6 heteroatoms. The van der Waals surface area contributed by atoms with Gasteiger partial charge in [-0.1, -0.05) is 19.1 Å². The molecule has 0 saturated carbocycles. The number of hydrogen-bond acceptors (Lipinski definition) is 3. The lowest BCUT2D eigenvalue weighted by Gasteiger charge is -2.25. The van der Waals surface area contributed by atoms with Crippen LogP contribution in [0.1, 0.15) is 41.0 Å². The van der Waals surface area contributed by atoms with Crippen LogP contribution in [0.2, 0.25) is 0 Å². The van der Waals surface area contributed by atoms with Crippen molar-refractivity contribution in [3.8, 4) is 11.5 Å². The largest absolute Gasteiger partial charge is 0.463 e. The molecular formula is C18H16FN3O2. The zero-order valence-electron chi connectivity index (χ0n) is 13.1. The molecule has 0 saturated heterocycles. The van der Waals surface area contributed by atoms with E-state index < -0.39 is 0 Å². The van der Waals surface area contributed by atoms with E-state index in [1.165, 1.54) is 12.1 Å². The normalized spacial score (nSPS) is 16.7. The highest BCUT2D eigenvalue weighted by Gasteiger charge is 2.42. The van der Waals surface area contributed by atoms with Crippen molar-refractivity contribution < 1.29 is 13.6 Å². The smallest absolute Gasteiger partial charge is 0.275 e. The fourth-order valence-corrected chi connectivity index (χ4v) is 3.26. The Morgan fingerprint density at radius 3 is 2.75 bits per heavy atom. The molecule has 0 aliphatic carbocycles. The molecule has 1 aliphatic rings. The van der Waals surface area contributed by atoms with Crippen molar-refractivity contribution in [2.75, 3.05) is 6.54 Å². The van der Waals surface area contributed by atoms with Gasteiger partial charge in [-0.05, 0) is 36.2 Å². The summed E-state index contributed by atoms with van der Waals surface area (Å²) in [6.45, 7) is 2.62. The van der Waals surface area contributed by atoms with Crippen LogP contribution in [-0.4, -0.2) is 27.5 Å². The first-order valence-corrected chi connectivity index (χ1v) is 7.89. The Morgan fingerprint density at radius 2 is 2.08 bits per heavy atom. The molecule has 0 bridgehead atoms. The Morgan fingerprint density at radius 1 is 1.29 bits per heavy atom. The number of aromatic amines is 1. The highest BCUT2D eigenvalue weighted by Crippen LogP contribution is 2.42. The van der Waals surface area contributed by atoms with E-state index in [9.17, 15) is 9.18 Å². The molecule has 1 aliphatic heterocycles. The van der Waals surface area contributed by atoms with E-state index in [0.29, 0.717) is 23.7 Å². The van der Waals surface area contributed by atoms with Gasteiger partial charge in [-0.2, -0.15) is 5.10 Å². The van der Waals surface area contributed by atoms with Gasteiger partial charge in [-0.3, -0.25) is 9.89 Å². The molecule has 2 aromatic heterocycles. The average Bonchev–Trinajstić information content (AvgIpc) is 3.28. The van der Waals surface area contributed by atoms with E-state index >= 15 is 0 Å². The molecular weight excluding hydrogens is 309 g/mol. The minimum absolute atomic E-state index is 0.116. The number of furan rings is 1. The van der Waals surface area contributed by atoms with Crippen LogP contribution in [-0.2, 0) is 0 Å². The standard InChI is InChI=1S/C18H16FN3O2/c1-2-9-22-17(11-5-7-12(19)8-6-11)14-15(13-4-3-10-24-13)20-21-16(14)18(22)23/h3-8,10,17H,2,9H2,1H3,(H,20,21)/t17-/m0/s1. The van der Waals surface area contributed by atoms with Crippen molar-refractivity contribution in [1.82, 2.24) is 15.1 Å². The molecule has 5 nitrogen and oxygen atoms in total. The highest BCUT2D eigenvalue weighted by atomic mass is 19.1. The van der Waals surface area contributed by atoms with Crippen LogP contribution in [0.15, 0.2) is 47.1 Å². The molecule has 1 aromatic carbocycles. The summed E-state index contributed by atoms with van der Waals surface area (Å²) in [5.41, 5.74) is 2.74. The number of carbonyl (C=O) groups is 1. The number of H-pyrrole nitrogens is 1. The van der Waals surface area contributed by atoms with Crippen LogP contribution in [0, 0.1) is 5.82 Å². The van der Waals surface area contributed by atoms with Crippen molar-refractivity contribution in [2.24, 2.45) is 0 Å². The topological polar surface area (TPSA) is 62.1 Å². The first-order chi connectivity index (χ1) is 11.7. The number of amides is 1. The molecule has 0 radical (unpaired) electrons. The second-order valence-electron chi connectivity index (χ2n) is 5.79. The number of carbonyl (C=O) groups excluding carboxylic acids is 1. The minimum Gasteiger partial charge on any atom is -0.463 e. The van der Waals surface area contributed by atoms with Gasteiger partial charge in [0.2, 0.25) is 0 Å². The van der Waals surface area contributed by atoms with Gasteiger partial charge in [0, 0.05) is 12.1 Å². The Labute approximate surface area is 138 Å². The van der Waals surface area contributed by atoms with E-state index in [2.05, 4.69) is 10.2 Å². The molecule has 122 valence electrons. The number of aromatic nitrogens is 2. The van der Waals surface area contributed by atoms with E-state index in [-0.39, 0.29) is 17.8 Å². The predicted octanol–water partition coefficient (Wildman–Crippen LogP) is 3.76. The predicted molar refractivity (Wildman–Crippen MR) is 85.9 cm³/mol. The van der Waals surface area contributed by atoms with Gasteiger partial charge in [-0.15, -0.1) is 0 Å². The van der Waals surface area contributed by atoms with Gasteiger partial charge in [0.25, 0.3) is 5.91 Å². The summed E-state index contributed by atoms with van der Waals surface area (Å²) >= 11 is 0. The van der Waals surface area contributed by atoms with Gasteiger partial charge in [0.1, 0.15) is 11.5 Å². The summed E-state index contributed by atoms with van der Waals surface area (Å²) in [6, 6.07) is 9.56. The number of halogens is 1. The lowest BCUT2D eigenvalue weighted by atomic mass is 9.98. The van der Waals surface area contributed by atoms with Crippen LogP contribution >= 0.6 is 0 Å². The first-order valence-electron chi connectivity index (χ1n) is 7.89. The zero-order valence-corrected chi connectivity index (χ0v) is 13.1. The zero-order chi connectivity index (χ0) is 16.7. The number of nitrogens with zero attached hydrogens (tertiary/aromatic N) is 2. The molecule has 0 spiro atoms. The Hall–Kier alpha value is -2.89. The third kappa shape index (κ3) is 2.14. The molecule has 1 N–H and O–H groups in total. The summed E-state index contributed by atoms with van der Waals surface area (Å²) in [7, 11) is 0. The Kier molecular flexibility index (Phi) is 3.45. The van der Waals surface area contributed by atoms with Crippen LogP contribution in [0.5, 0.6) is 0 Å². The summed E-state index contributed by atoms with van der Waals surface area (Å²) in [4.78, 5) is 14.5. The number of fused-ring (bicyclic) bond motifs is 1. The maximum atomic E-state index is 13.3. The summed E-state index contributed by atoms with van der Waals surface area (Å²) in [5.74, 6) is 0.209. The number of rotatable bonds is 4. The monoisotopic (exact) mass is 325 g/mol. The van der Waals surface area contributed by atoms with Crippen molar-refractivity contribution >= 4 is 5.91 Å². The minimum atomic E-state index is -0.302. The maximum absolute atomic E-state index is 13.3. The highest BCUT2D eigenvalue weighted by molar-refractivity contribution is 5.99. The number of benzene rings is 1. The molecule has 0 unspecified atom stereocenters. The van der Waals surface area contributed by atoms with Gasteiger partial charge in [0.15, 0.2) is 11.5 Å². The fourth-order valence-electron chi connectivity index (χ4n) is 3.26. The number of hydrogen-bond donors (Lipinski definition) is 1. The van der Waals surface area contributed by atoms with Crippen LogP contribution in [0.25, 0.3) is 11.5 Å². The SMILES string of the molecule is CCCN1C(=O)c2n[nH]c(-c3ccco3)c2[C@@H]1c1ccc(F)cc1. The Balaban J connectivity index is 1.89. The van der Waals surface area contributed by atoms with Crippen LogP contribution < -0.4 is 0 Å². The van der Waals surface area contributed by atoms with E-state index in [0.717, 1.165) is 17.5 Å². The Bertz CT molecular complexity index is 868. The second-order valence-corrected chi connectivity index (χ2v) is 5.79. The van der Waals surface area contributed by atoms with E-state index in [1.807, 2.05) is 13.0 Å². The van der Waals surface area contributed by atoms with Crippen LogP contribution in [0.4, 0.5) is 4.39 Å². The van der Waals surface area contributed by atoms with Gasteiger partial charge < -0.3 is 9.32 Å². The third-order valence-corrected chi connectivity index (χ3v) is 4.27. The molecule has 1 atom stereocenters. The van der Waals surface area contributed by atoms with Gasteiger partial charge in [-0.25, -0.2) is 4.39 Å². The van der Waals surface area contributed by atoms with Crippen molar-refractivity contribution in [3.05, 3.63) is 65.3 Å². The lowest BCUT2D eigenvalue weighted by Crippen LogP contribution is -2.30. The molecule has 3 heterocycles. The van der Waals surface area contributed by atoms with Gasteiger partial charge in [0.05, 0.1) is 12.3 Å². The van der Waals surface area contributed by atoms with Crippen LogP contribution in [0.3, 0.4) is 0 Å². The number of nitrogens with one attached hydrogen (secondary N) is 1. The lowest BCUT2D eigenvalue weighted by molar-refractivity contribution is 0.0744.